The predicted molar refractivity (Wildman–Crippen MR) is 70.8 cm³/mol. The quantitative estimate of drug-likeness (QED) is 0.945. The Kier molecular flexibility index (Phi) is 3.64. The van der Waals surface area contributed by atoms with Crippen molar-refractivity contribution in [1.82, 2.24) is 9.78 Å². The molecule has 2 rings (SSSR count). The SMILES string of the molecule is CCn1nccc1C(O)c1cc(C)ccc1Br. The molecule has 0 aliphatic heterocycles. The fourth-order valence-electron chi connectivity index (χ4n) is 1.87. The fraction of sp³-hybridized carbons (Fsp3) is 0.308. The molecule has 0 aliphatic carbocycles. The summed E-state index contributed by atoms with van der Waals surface area (Å²) in [6, 6.07) is 7.81. The Hall–Kier alpha value is -1.13. The largest absolute Gasteiger partial charge is 0.382 e. The maximum atomic E-state index is 10.4. The highest BCUT2D eigenvalue weighted by Gasteiger charge is 2.17. The van der Waals surface area contributed by atoms with Crippen LogP contribution in [0.4, 0.5) is 0 Å². The Morgan fingerprint density at radius 2 is 2.18 bits per heavy atom. The van der Waals surface area contributed by atoms with Gasteiger partial charge in [-0.1, -0.05) is 33.6 Å². The van der Waals surface area contributed by atoms with Crippen molar-refractivity contribution in [3.05, 3.63) is 51.8 Å². The fourth-order valence-corrected chi connectivity index (χ4v) is 2.33. The monoisotopic (exact) mass is 294 g/mol. The molecular weight excluding hydrogens is 280 g/mol. The van der Waals surface area contributed by atoms with E-state index in [1.165, 1.54) is 0 Å². The second kappa shape index (κ2) is 5.02. The van der Waals surface area contributed by atoms with Crippen molar-refractivity contribution < 1.29 is 5.11 Å². The molecule has 90 valence electrons. The molecule has 0 fully saturated rings. The zero-order valence-electron chi connectivity index (χ0n) is 9.89. The summed E-state index contributed by atoms with van der Waals surface area (Å²) in [6.45, 7) is 4.77. The number of halogens is 1. The highest BCUT2D eigenvalue weighted by atomic mass is 79.9. The molecule has 4 heteroatoms. The van der Waals surface area contributed by atoms with Gasteiger partial charge in [0.2, 0.25) is 0 Å². The van der Waals surface area contributed by atoms with Gasteiger partial charge in [0, 0.05) is 22.8 Å². The number of hydrogen-bond donors (Lipinski definition) is 1. The van der Waals surface area contributed by atoms with Crippen molar-refractivity contribution >= 4 is 15.9 Å². The third-order valence-electron chi connectivity index (χ3n) is 2.78. The molecule has 1 unspecified atom stereocenters. The number of nitrogens with zero attached hydrogens (tertiary/aromatic N) is 2. The summed E-state index contributed by atoms with van der Waals surface area (Å²) < 4.78 is 2.72. The topological polar surface area (TPSA) is 38.0 Å². The first-order chi connectivity index (χ1) is 8.13. The van der Waals surface area contributed by atoms with E-state index in [0.29, 0.717) is 0 Å². The first-order valence-corrected chi connectivity index (χ1v) is 6.38. The lowest BCUT2D eigenvalue weighted by Gasteiger charge is -2.15. The van der Waals surface area contributed by atoms with Gasteiger partial charge in [0.05, 0.1) is 5.69 Å². The lowest BCUT2D eigenvalue weighted by molar-refractivity contribution is 0.207. The van der Waals surface area contributed by atoms with E-state index in [0.717, 1.165) is 27.8 Å². The molecule has 1 aromatic carbocycles. The van der Waals surface area contributed by atoms with E-state index in [1.54, 1.807) is 10.9 Å². The molecular formula is C13H15BrN2O. The summed E-state index contributed by atoms with van der Waals surface area (Å²) in [5.41, 5.74) is 2.82. The van der Waals surface area contributed by atoms with Crippen LogP contribution in [-0.2, 0) is 6.54 Å². The Labute approximate surface area is 109 Å². The van der Waals surface area contributed by atoms with Gasteiger partial charge in [-0.2, -0.15) is 5.10 Å². The minimum Gasteiger partial charge on any atom is -0.382 e. The Balaban J connectivity index is 2.43. The molecule has 1 atom stereocenters. The molecule has 2 aromatic rings. The maximum absolute atomic E-state index is 10.4. The average Bonchev–Trinajstić information content (AvgIpc) is 2.79. The molecule has 0 saturated carbocycles. The van der Waals surface area contributed by atoms with Gasteiger partial charge in [-0.15, -0.1) is 0 Å². The van der Waals surface area contributed by atoms with E-state index in [-0.39, 0.29) is 0 Å². The Morgan fingerprint density at radius 1 is 1.41 bits per heavy atom. The zero-order valence-corrected chi connectivity index (χ0v) is 11.5. The van der Waals surface area contributed by atoms with Gasteiger partial charge in [-0.3, -0.25) is 4.68 Å². The van der Waals surface area contributed by atoms with Crippen LogP contribution in [0.25, 0.3) is 0 Å². The van der Waals surface area contributed by atoms with Gasteiger partial charge < -0.3 is 5.11 Å². The number of hydrogen-bond acceptors (Lipinski definition) is 2. The summed E-state index contributed by atoms with van der Waals surface area (Å²) in [6.07, 6.45) is 1.07. The molecule has 0 radical (unpaired) electrons. The van der Waals surface area contributed by atoms with Crippen molar-refractivity contribution in [2.45, 2.75) is 26.5 Å². The number of aromatic nitrogens is 2. The van der Waals surface area contributed by atoms with Crippen molar-refractivity contribution in [2.75, 3.05) is 0 Å². The Bertz CT molecular complexity index is 522. The molecule has 0 saturated heterocycles. The zero-order chi connectivity index (χ0) is 12.4. The normalized spacial score (nSPS) is 12.7. The minimum absolute atomic E-state index is 0.647. The molecule has 0 aliphatic rings. The third-order valence-corrected chi connectivity index (χ3v) is 3.50. The second-order valence-electron chi connectivity index (χ2n) is 4.00. The number of aryl methyl sites for hydroxylation is 2. The van der Waals surface area contributed by atoms with Crippen LogP contribution >= 0.6 is 15.9 Å². The van der Waals surface area contributed by atoms with Gasteiger partial charge in [0.25, 0.3) is 0 Å². The molecule has 1 heterocycles. The molecule has 17 heavy (non-hydrogen) atoms. The van der Waals surface area contributed by atoms with E-state index in [2.05, 4.69) is 21.0 Å². The summed E-state index contributed by atoms with van der Waals surface area (Å²) in [5, 5.41) is 14.6. The van der Waals surface area contributed by atoms with Gasteiger partial charge in [-0.05, 0) is 26.0 Å². The minimum atomic E-state index is -0.647. The number of benzene rings is 1. The van der Waals surface area contributed by atoms with E-state index in [9.17, 15) is 5.11 Å². The summed E-state index contributed by atoms with van der Waals surface area (Å²) >= 11 is 3.47. The van der Waals surface area contributed by atoms with Crippen LogP contribution < -0.4 is 0 Å². The van der Waals surface area contributed by atoms with E-state index >= 15 is 0 Å². The molecule has 0 spiro atoms. The Morgan fingerprint density at radius 3 is 2.88 bits per heavy atom. The first kappa shape index (κ1) is 12.3. The molecule has 3 nitrogen and oxygen atoms in total. The van der Waals surface area contributed by atoms with Gasteiger partial charge >= 0.3 is 0 Å². The van der Waals surface area contributed by atoms with E-state index in [1.807, 2.05) is 38.1 Å². The highest BCUT2D eigenvalue weighted by molar-refractivity contribution is 9.10. The van der Waals surface area contributed by atoms with E-state index < -0.39 is 6.10 Å². The first-order valence-electron chi connectivity index (χ1n) is 5.59. The van der Waals surface area contributed by atoms with Crippen LogP contribution in [0.2, 0.25) is 0 Å². The van der Waals surface area contributed by atoms with Crippen LogP contribution in [0, 0.1) is 6.92 Å². The molecule has 0 amide bonds. The number of aliphatic hydroxyl groups excluding tert-OH is 1. The van der Waals surface area contributed by atoms with Crippen molar-refractivity contribution in [3.63, 3.8) is 0 Å². The standard InChI is InChI=1S/C13H15BrN2O/c1-3-16-12(6-7-15-16)13(17)10-8-9(2)4-5-11(10)14/h4-8,13,17H,3H2,1-2H3. The lowest BCUT2D eigenvalue weighted by atomic mass is 10.0. The van der Waals surface area contributed by atoms with Crippen LogP contribution in [-0.4, -0.2) is 14.9 Å². The van der Waals surface area contributed by atoms with Gasteiger partial charge in [-0.25, -0.2) is 0 Å². The third kappa shape index (κ3) is 2.42. The lowest BCUT2D eigenvalue weighted by Crippen LogP contribution is -2.09. The molecule has 0 bridgehead atoms. The van der Waals surface area contributed by atoms with Crippen molar-refractivity contribution in [3.8, 4) is 0 Å². The molecule has 1 aromatic heterocycles. The van der Waals surface area contributed by atoms with Gasteiger partial charge in [0.15, 0.2) is 0 Å². The van der Waals surface area contributed by atoms with Gasteiger partial charge in [0.1, 0.15) is 6.10 Å². The highest BCUT2D eigenvalue weighted by Crippen LogP contribution is 2.29. The summed E-state index contributed by atoms with van der Waals surface area (Å²) in [4.78, 5) is 0. The van der Waals surface area contributed by atoms with Crippen LogP contribution in [0.3, 0.4) is 0 Å². The average molecular weight is 295 g/mol. The van der Waals surface area contributed by atoms with Crippen LogP contribution in [0.5, 0.6) is 0 Å². The summed E-state index contributed by atoms with van der Waals surface area (Å²) in [5.74, 6) is 0. The van der Waals surface area contributed by atoms with E-state index in [4.69, 9.17) is 0 Å². The van der Waals surface area contributed by atoms with Crippen molar-refractivity contribution in [1.29, 1.82) is 0 Å². The smallest absolute Gasteiger partial charge is 0.122 e. The van der Waals surface area contributed by atoms with Crippen molar-refractivity contribution in [2.24, 2.45) is 0 Å². The number of rotatable bonds is 3. The van der Waals surface area contributed by atoms with Crippen LogP contribution in [0.1, 0.15) is 29.8 Å². The second-order valence-corrected chi connectivity index (χ2v) is 4.85. The maximum Gasteiger partial charge on any atom is 0.122 e. The predicted octanol–water partition coefficient (Wildman–Crippen LogP) is 3.06. The van der Waals surface area contributed by atoms with Crippen LogP contribution in [0.15, 0.2) is 34.9 Å². The number of aliphatic hydroxyl groups is 1. The summed E-state index contributed by atoms with van der Waals surface area (Å²) in [7, 11) is 0. The molecule has 1 N–H and O–H groups in total.